The molecule has 5 heteroatoms. The van der Waals surface area contributed by atoms with Gasteiger partial charge in [-0.3, -0.25) is 0 Å². The van der Waals surface area contributed by atoms with E-state index in [-0.39, 0.29) is 0 Å². The third kappa shape index (κ3) is 2.34. The normalized spacial score (nSPS) is 19.4. The molecule has 94 valence electrons. The van der Waals surface area contributed by atoms with Gasteiger partial charge in [-0.25, -0.2) is 9.97 Å². The monoisotopic (exact) mass is 236 g/mol. The summed E-state index contributed by atoms with van der Waals surface area (Å²) in [4.78, 5) is 10.9. The lowest BCUT2D eigenvalue weighted by Gasteiger charge is -2.26. The number of ether oxygens (including phenoxy) is 1. The number of rotatable bonds is 4. The van der Waals surface area contributed by atoms with Crippen molar-refractivity contribution in [1.29, 1.82) is 0 Å². The fourth-order valence-electron chi connectivity index (χ4n) is 2.25. The van der Waals surface area contributed by atoms with Crippen LogP contribution >= 0.6 is 0 Å². The van der Waals surface area contributed by atoms with Crippen molar-refractivity contribution in [3.8, 4) is 0 Å². The predicted octanol–water partition coefficient (Wildman–Crippen LogP) is 1.31. The Bertz CT molecular complexity index is 377. The first-order chi connectivity index (χ1) is 8.27. The van der Waals surface area contributed by atoms with Crippen LogP contribution in [0.25, 0.3) is 0 Å². The highest BCUT2D eigenvalue weighted by molar-refractivity contribution is 5.58. The van der Waals surface area contributed by atoms with E-state index in [4.69, 9.17) is 4.74 Å². The highest BCUT2D eigenvalue weighted by atomic mass is 16.5. The molecule has 0 spiro atoms. The van der Waals surface area contributed by atoms with Gasteiger partial charge in [0.2, 0.25) is 0 Å². The number of likely N-dealkylation sites (N-methyl/N-ethyl adjacent to an activating group) is 1. The van der Waals surface area contributed by atoms with Crippen molar-refractivity contribution in [2.75, 3.05) is 37.5 Å². The molecule has 1 N–H and O–H groups in total. The minimum Gasteiger partial charge on any atom is -0.379 e. The molecule has 0 amide bonds. The molecular formula is C12H20N4O. The Morgan fingerprint density at radius 2 is 2.35 bits per heavy atom. The summed E-state index contributed by atoms with van der Waals surface area (Å²) in [6, 6.07) is 0.430. The second-order valence-electron chi connectivity index (χ2n) is 4.26. The van der Waals surface area contributed by atoms with Crippen molar-refractivity contribution < 1.29 is 4.74 Å². The fourth-order valence-corrected chi connectivity index (χ4v) is 2.25. The first kappa shape index (κ1) is 12.1. The molecule has 0 bridgehead atoms. The van der Waals surface area contributed by atoms with Gasteiger partial charge >= 0.3 is 0 Å². The molecule has 5 nitrogen and oxygen atoms in total. The molecule has 0 saturated carbocycles. The van der Waals surface area contributed by atoms with E-state index in [1.54, 1.807) is 6.33 Å². The molecule has 1 unspecified atom stereocenters. The second kappa shape index (κ2) is 5.31. The fraction of sp³-hybridized carbons (Fsp3) is 0.667. The quantitative estimate of drug-likeness (QED) is 0.854. The van der Waals surface area contributed by atoms with Crippen LogP contribution in [0, 0.1) is 0 Å². The molecule has 0 aromatic carbocycles. The Hall–Kier alpha value is -1.36. The van der Waals surface area contributed by atoms with Crippen LogP contribution in [-0.4, -0.2) is 43.3 Å². The summed E-state index contributed by atoms with van der Waals surface area (Å²) in [6.45, 7) is 3.76. The van der Waals surface area contributed by atoms with E-state index in [0.29, 0.717) is 6.04 Å². The van der Waals surface area contributed by atoms with Crippen molar-refractivity contribution in [1.82, 2.24) is 9.97 Å². The highest BCUT2D eigenvalue weighted by Crippen LogP contribution is 2.26. The maximum absolute atomic E-state index is 5.43. The lowest BCUT2D eigenvalue weighted by Crippen LogP contribution is -2.33. The molecule has 1 aromatic heterocycles. The van der Waals surface area contributed by atoms with Crippen molar-refractivity contribution in [2.24, 2.45) is 0 Å². The van der Waals surface area contributed by atoms with Crippen LogP contribution in [-0.2, 0) is 11.2 Å². The molecule has 1 atom stereocenters. The first-order valence-electron chi connectivity index (χ1n) is 6.10. The van der Waals surface area contributed by atoms with Crippen molar-refractivity contribution in [3.05, 3.63) is 11.9 Å². The number of aromatic nitrogens is 2. The molecule has 1 aliphatic rings. The second-order valence-corrected chi connectivity index (χ2v) is 4.26. The van der Waals surface area contributed by atoms with Gasteiger partial charge < -0.3 is 15.0 Å². The average Bonchev–Trinajstić information content (AvgIpc) is 2.90. The molecule has 1 aromatic rings. The molecule has 2 rings (SSSR count). The first-order valence-corrected chi connectivity index (χ1v) is 6.10. The maximum atomic E-state index is 5.43. The number of nitrogens with one attached hydrogen (secondary N) is 1. The molecule has 1 fully saturated rings. The summed E-state index contributed by atoms with van der Waals surface area (Å²) >= 11 is 0. The summed E-state index contributed by atoms with van der Waals surface area (Å²) < 4.78 is 5.43. The van der Waals surface area contributed by atoms with E-state index >= 15 is 0 Å². The van der Waals surface area contributed by atoms with Crippen LogP contribution in [0.15, 0.2) is 6.33 Å². The summed E-state index contributed by atoms with van der Waals surface area (Å²) in [5, 5.41) is 3.12. The van der Waals surface area contributed by atoms with E-state index in [9.17, 15) is 0 Å². The van der Waals surface area contributed by atoms with Crippen molar-refractivity contribution in [2.45, 2.75) is 25.8 Å². The summed E-state index contributed by atoms with van der Waals surface area (Å²) in [5.74, 6) is 1.94. The number of hydrogen-bond acceptors (Lipinski definition) is 5. The topological polar surface area (TPSA) is 50.3 Å². The number of anilines is 2. The molecule has 0 aliphatic carbocycles. The molecule has 0 radical (unpaired) electrons. The van der Waals surface area contributed by atoms with Gasteiger partial charge in [0.1, 0.15) is 18.0 Å². The molecule has 1 aliphatic heterocycles. The number of nitrogens with zero attached hydrogens (tertiary/aromatic N) is 3. The molecule has 17 heavy (non-hydrogen) atoms. The van der Waals surface area contributed by atoms with Gasteiger partial charge in [-0.2, -0.15) is 0 Å². The zero-order valence-corrected chi connectivity index (χ0v) is 10.7. The van der Waals surface area contributed by atoms with E-state index in [2.05, 4.69) is 34.2 Å². The summed E-state index contributed by atoms with van der Waals surface area (Å²) in [6.07, 6.45) is 3.61. The molecular weight excluding hydrogens is 216 g/mol. The Balaban J connectivity index is 2.29. The summed E-state index contributed by atoms with van der Waals surface area (Å²) in [5.41, 5.74) is 1.17. The van der Waals surface area contributed by atoms with Crippen LogP contribution in [0.2, 0.25) is 0 Å². The van der Waals surface area contributed by atoms with Gasteiger partial charge in [-0.05, 0) is 12.8 Å². The van der Waals surface area contributed by atoms with Crippen LogP contribution in [0.4, 0.5) is 11.6 Å². The Kier molecular flexibility index (Phi) is 3.78. The minimum absolute atomic E-state index is 0.430. The Morgan fingerprint density at radius 3 is 2.94 bits per heavy atom. The lowest BCUT2D eigenvalue weighted by molar-refractivity contribution is 0.193. The van der Waals surface area contributed by atoms with E-state index < -0.39 is 0 Å². The average molecular weight is 236 g/mol. The van der Waals surface area contributed by atoms with Crippen LogP contribution < -0.4 is 10.2 Å². The van der Waals surface area contributed by atoms with Crippen molar-refractivity contribution >= 4 is 11.6 Å². The smallest absolute Gasteiger partial charge is 0.137 e. The van der Waals surface area contributed by atoms with Gasteiger partial charge in [0.05, 0.1) is 12.6 Å². The largest absolute Gasteiger partial charge is 0.379 e. The van der Waals surface area contributed by atoms with Gasteiger partial charge in [0, 0.05) is 26.3 Å². The van der Waals surface area contributed by atoms with Gasteiger partial charge in [-0.1, -0.05) is 6.92 Å². The number of hydrogen-bond donors (Lipinski definition) is 1. The zero-order chi connectivity index (χ0) is 12.3. The van der Waals surface area contributed by atoms with Crippen LogP contribution in [0.5, 0.6) is 0 Å². The predicted molar refractivity (Wildman–Crippen MR) is 68.6 cm³/mol. The highest BCUT2D eigenvalue weighted by Gasteiger charge is 2.23. The Labute approximate surface area is 102 Å². The third-order valence-electron chi connectivity index (χ3n) is 3.30. The minimum atomic E-state index is 0.430. The molecule has 2 heterocycles. The third-order valence-corrected chi connectivity index (χ3v) is 3.30. The SMILES string of the molecule is CCc1c(NC)ncnc1N(C)C1CCOC1. The van der Waals surface area contributed by atoms with E-state index in [1.165, 1.54) is 5.56 Å². The zero-order valence-electron chi connectivity index (χ0n) is 10.7. The summed E-state index contributed by atoms with van der Waals surface area (Å²) in [7, 11) is 3.98. The van der Waals surface area contributed by atoms with Crippen LogP contribution in [0.1, 0.15) is 18.9 Å². The van der Waals surface area contributed by atoms with E-state index in [1.807, 2.05) is 7.05 Å². The van der Waals surface area contributed by atoms with Crippen LogP contribution in [0.3, 0.4) is 0 Å². The maximum Gasteiger partial charge on any atom is 0.137 e. The van der Waals surface area contributed by atoms with Gasteiger partial charge in [0.15, 0.2) is 0 Å². The Morgan fingerprint density at radius 1 is 1.53 bits per heavy atom. The van der Waals surface area contributed by atoms with Gasteiger partial charge in [0.25, 0.3) is 0 Å². The lowest BCUT2D eigenvalue weighted by atomic mass is 10.1. The van der Waals surface area contributed by atoms with Gasteiger partial charge in [-0.15, -0.1) is 0 Å². The standard InChI is InChI=1S/C12H20N4O/c1-4-10-11(13-2)14-8-15-12(10)16(3)9-5-6-17-7-9/h8-9H,4-7H2,1-3H3,(H,13,14,15). The van der Waals surface area contributed by atoms with Crippen molar-refractivity contribution in [3.63, 3.8) is 0 Å². The molecule has 1 saturated heterocycles. The van der Waals surface area contributed by atoms with E-state index in [0.717, 1.165) is 37.7 Å².